The zero-order chi connectivity index (χ0) is 7.68. The van der Waals surface area contributed by atoms with Gasteiger partial charge in [0, 0.05) is 6.42 Å². The Morgan fingerprint density at radius 1 is 1.36 bits per heavy atom. The summed E-state index contributed by atoms with van der Waals surface area (Å²) in [5.74, 6) is 0.270. The molecule has 2 rings (SSSR count). The summed E-state index contributed by atoms with van der Waals surface area (Å²) in [6, 6.07) is 2.06. The minimum Gasteiger partial charge on any atom is -0.295 e. The van der Waals surface area contributed by atoms with Crippen LogP contribution in [0, 0.1) is 0 Å². The first-order valence-electron chi connectivity index (χ1n) is 3.62. The lowest BCUT2D eigenvalue weighted by molar-refractivity contribution is -0.114. The van der Waals surface area contributed by atoms with Crippen LogP contribution in [-0.2, 0) is 4.79 Å². The van der Waals surface area contributed by atoms with E-state index in [0.717, 1.165) is 6.42 Å². The van der Waals surface area contributed by atoms with Crippen LogP contribution in [0.4, 0.5) is 0 Å². The number of carbonyl (C=O) groups excluding carboxylic acids is 1. The second-order valence-corrected chi connectivity index (χ2v) is 3.43. The van der Waals surface area contributed by atoms with Crippen molar-refractivity contribution in [2.75, 3.05) is 0 Å². The van der Waals surface area contributed by atoms with Gasteiger partial charge in [-0.05, 0) is 40.5 Å². The van der Waals surface area contributed by atoms with E-state index in [4.69, 9.17) is 0 Å². The van der Waals surface area contributed by atoms with Crippen molar-refractivity contribution in [3.05, 3.63) is 28.5 Å². The van der Waals surface area contributed by atoms with Crippen LogP contribution in [-0.4, -0.2) is 5.78 Å². The van der Waals surface area contributed by atoms with Crippen LogP contribution >= 0.6 is 11.3 Å². The van der Waals surface area contributed by atoms with E-state index in [2.05, 4.69) is 11.4 Å². The predicted molar refractivity (Wildman–Crippen MR) is 46.5 cm³/mol. The zero-order valence-electron chi connectivity index (χ0n) is 6.04. The molecule has 0 atom stereocenters. The summed E-state index contributed by atoms with van der Waals surface area (Å²) in [6.07, 6.45) is 3.39. The first-order valence-corrected chi connectivity index (χ1v) is 4.56. The van der Waals surface area contributed by atoms with Crippen LogP contribution in [0.3, 0.4) is 0 Å². The maximum absolute atomic E-state index is 10.9. The summed E-state index contributed by atoms with van der Waals surface area (Å²) in [7, 11) is 0. The monoisotopic (exact) mass is 164 g/mol. The highest BCUT2D eigenvalue weighted by atomic mass is 32.1. The standard InChI is InChI=1S/C9H8OS/c10-9-2-1-7(5-9)8-3-4-11-6-8/h3-6H,1-2H2. The van der Waals surface area contributed by atoms with E-state index >= 15 is 0 Å². The molecular formula is C9H8OS. The van der Waals surface area contributed by atoms with Gasteiger partial charge in [-0.3, -0.25) is 4.79 Å². The third-order valence-corrected chi connectivity index (χ3v) is 2.55. The smallest absolute Gasteiger partial charge is 0.156 e. The maximum atomic E-state index is 10.9. The Hall–Kier alpha value is -0.890. The second kappa shape index (κ2) is 2.62. The van der Waals surface area contributed by atoms with Crippen LogP contribution in [0.2, 0.25) is 0 Å². The molecule has 0 spiro atoms. The SMILES string of the molecule is O=C1C=C(c2ccsc2)CC1. The number of ketones is 1. The van der Waals surface area contributed by atoms with Crippen molar-refractivity contribution >= 4 is 22.7 Å². The van der Waals surface area contributed by atoms with Crippen molar-refractivity contribution in [2.45, 2.75) is 12.8 Å². The van der Waals surface area contributed by atoms with E-state index in [-0.39, 0.29) is 5.78 Å². The average Bonchev–Trinajstić information content (AvgIpc) is 2.55. The van der Waals surface area contributed by atoms with Crippen LogP contribution in [0.15, 0.2) is 22.9 Å². The lowest BCUT2D eigenvalue weighted by atomic mass is 10.1. The van der Waals surface area contributed by atoms with E-state index in [9.17, 15) is 4.79 Å². The minimum absolute atomic E-state index is 0.270. The number of carbonyl (C=O) groups is 1. The van der Waals surface area contributed by atoms with Gasteiger partial charge in [0.05, 0.1) is 0 Å². The molecule has 0 amide bonds. The quantitative estimate of drug-likeness (QED) is 0.623. The lowest BCUT2D eigenvalue weighted by Crippen LogP contribution is -1.80. The summed E-state index contributed by atoms with van der Waals surface area (Å²) in [5, 5.41) is 4.13. The van der Waals surface area contributed by atoms with Crippen LogP contribution in [0.25, 0.3) is 5.57 Å². The maximum Gasteiger partial charge on any atom is 0.156 e. The summed E-state index contributed by atoms with van der Waals surface area (Å²) < 4.78 is 0. The molecule has 0 bridgehead atoms. The Labute approximate surface area is 69.4 Å². The van der Waals surface area contributed by atoms with Gasteiger partial charge in [-0.1, -0.05) is 0 Å². The molecule has 1 aromatic heterocycles. The van der Waals surface area contributed by atoms with Crippen molar-refractivity contribution in [1.82, 2.24) is 0 Å². The first-order chi connectivity index (χ1) is 5.36. The molecule has 1 aliphatic rings. The molecule has 1 heterocycles. The fraction of sp³-hybridized carbons (Fsp3) is 0.222. The Bertz CT molecular complexity index is 295. The third-order valence-electron chi connectivity index (χ3n) is 1.87. The zero-order valence-corrected chi connectivity index (χ0v) is 6.86. The number of rotatable bonds is 1. The molecule has 1 nitrogen and oxygen atoms in total. The summed E-state index contributed by atoms with van der Waals surface area (Å²) in [5.41, 5.74) is 2.43. The Morgan fingerprint density at radius 3 is 2.82 bits per heavy atom. The molecule has 11 heavy (non-hydrogen) atoms. The van der Waals surface area contributed by atoms with E-state index < -0.39 is 0 Å². The molecule has 0 saturated heterocycles. The summed E-state index contributed by atoms with van der Waals surface area (Å²) in [4.78, 5) is 10.9. The molecular weight excluding hydrogens is 156 g/mol. The van der Waals surface area contributed by atoms with Gasteiger partial charge in [0.2, 0.25) is 0 Å². The van der Waals surface area contributed by atoms with Gasteiger partial charge < -0.3 is 0 Å². The van der Waals surface area contributed by atoms with E-state index in [1.807, 2.05) is 5.38 Å². The molecule has 2 heteroatoms. The largest absolute Gasteiger partial charge is 0.295 e. The van der Waals surface area contributed by atoms with Gasteiger partial charge in [-0.2, -0.15) is 11.3 Å². The third kappa shape index (κ3) is 1.26. The number of thiophene rings is 1. The van der Waals surface area contributed by atoms with Crippen LogP contribution in [0.5, 0.6) is 0 Å². The van der Waals surface area contributed by atoms with Crippen molar-refractivity contribution < 1.29 is 4.79 Å². The van der Waals surface area contributed by atoms with Crippen molar-refractivity contribution in [2.24, 2.45) is 0 Å². The van der Waals surface area contributed by atoms with Crippen molar-refractivity contribution in [3.63, 3.8) is 0 Å². The van der Waals surface area contributed by atoms with Gasteiger partial charge in [0.25, 0.3) is 0 Å². The Balaban J connectivity index is 2.31. The Morgan fingerprint density at radius 2 is 2.27 bits per heavy atom. The second-order valence-electron chi connectivity index (χ2n) is 2.65. The van der Waals surface area contributed by atoms with Gasteiger partial charge >= 0.3 is 0 Å². The highest BCUT2D eigenvalue weighted by Crippen LogP contribution is 2.26. The predicted octanol–water partition coefficient (Wildman–Crippen LogP) is 2.49. The van der Waals surface area contributed by atoms with Crippen LogP contribution < -0.4 is 0 Å². The molecule has 0 unspecified atom stereocenters. The Kier molecular flexibility index (Phi) is 1.62. The first kappa shape index (κ1) is 6.80. The molecule has 1 aromatic rings. The summed E-state index contributed by atoms with van der Waals surface area (Å²) in [6.45, 7) is 0. The molecule has 0 aliphatic heterocycles. The van der Waals surface area contributed by atoms with E-state index in [1.54, 1.807) is 17.4 Å². The molecule has 56 valence electrons. The lowest BCUT2D eigenvalue weighted by Gasteiger charge is -1.92. The van der Waals surface area contributed by atoms with Crippen LogP contribution in [0.1, 0.15) is 18.4 Å². The molecule has 0 fully saturated rings. The number of hydrogen-bond acceptors (Lipinski definition) is 2. The van der Waals surface area contributed by atoms with E-state index in [0.29, 0.717) is 6.42 Å². The topological polar surface area (TPSA) is 17.1 Å². The molecule has 0 saturated carbocycles. The van der Waals surface area contributed by atoms with Crippen molar-refractivity contribution in [3.8, 4) is 0 Å². The minimum atomic E-state index is 0.270. The average molecular weight is 164 g/mol. The normalized spacial score (nSPS) is 17.1. The molecule has 0 N–H and O–H groups in total. The van der Waals surface area contributed by atoms with Gasteiger partial charge in [0.15, 0.2) is 5.78 Å². The van der Waals surface area contributed by atoms with Gasteiger partial charge in [0.1, 0.15) is 0 Å². The number of allylic oxidation sites excluding steroid dienone is 2. The number of hydrogen-bond donors (Lipinski definition) is 0. The molecule has 0 radical (unpaired) electrons. The highest BCUT2D eigenvalue weighted by Gasteiger charge is 2.12. The van der Waals surface area contributed by atoms with Gasteiger partial charge in [-0.25, -0.2) is 0 Å². The molecule has 0 aromatic carbocycles. The fourth-order valence-corrected chi connectivity index (χ4v) is 1.95. The fourth-order valence-electron chi connectivity index (χ4n) is 1.27. The van der Waals surface area contributed by atoms with Crippen molar-refractivity contribution in [1.29, 1.82) is 0 Å². The molecule has 1 aliphatic carbocycles. The summed E-state index contributed by atoms with van der Waals surface area (Å²) >= 11 is 1.68. The highest BCUT2D eigenvalue weighted by molar-refractivity contribution is 7.08. The van der Waals surface area contributed by atoms with Gasteiger partial charge in [-0.15, -0.1) is 0 Å². The van der Waals surface area contributed by atoms with E-state index in [1.165, 1.54) is 11.1 Å².